The number of halogens is 2. The molecule has 0 N–H and O–H groups in total. The van der Waals surface area contributed by atoms with E-state index in [1.54, 1.807) is 6.07 Å². The Morgan fingerprint density at radius 3 is 2.64 bits per heavy atom. The number of likely N-dealkylation sites (N-methyl/N-ethyl adjacent to an activating group) is 1. The third kappa shape index (κ3) is 1.72. The molecule has 1 aromatic rings. The zero-order valence-electron chi connectivity index (χ0n) is 7.80. The average molecular weight is 229 g/mol. The van der Waals surface area contributed by atoms with Crippen molar-refractivity contribution in [1.82, 2.24) is 4.90 Å². The van der Waals surface area contributed by atoms with Crippen molar-refractivity contribution in [1.29, 1.82) is 0 Å². The first-order valence-electron chi connectivity index (χ1n) is 4.39. The molecular weight excluding hydrogens is 219 g/mol. The lowest BCUT2D eigenvalue weighted by Crippen LogP contribution is -2.23. The molecule has 0 aromatic heterocycles. The predicted molar refractivity (Wildman–Crippen MR) is 60.5 cm³/mol. The summed E-state index contributed by atoms with van der Waals surface area (Å²) in [5.41, 5.74) is 1.03. The van der Waals surface area contributed by atoms with Crippen LogP contribution in [0.1, 0.15) is 5.56 Å². The first-order chi connectivity index (χ1) is 6.68. The Bertz CT molecular complexity index is 388. The second kappa shape index (κ2) is 3.79. The van der Waals surface area contributed by atoms with E-state index in [1.807, 2.05) is 19.2 Å². The summed E-state index contributed by atoms with van der Waals surface area (Å²) in [6, 6.07) is 5.59. The van der Waals surface area contributed by atoms with Crippen LogP contribution in [-0.4, -0.2) is 30.9 Å². The van der Waals surface area contributed by atoms with Crippen LogP contribution in [0.3, 0.4) is 0 Å². The van der Waals surface area contributed by atoms with Gasteiger partial charge in [0.15, 0.2) is 0 Å². The highest BCUT2D eigenvalue weighted by atomic mass is 35.5. The van der Waals surface area contributed by atoms with E-state index in [-0.39, 0.29) is 0 Å². The molecule has 0 radical (unpaired) electrons. The van der Waals surface area contributed by atoms with Gasteiger partial charge in [0.1, 0.15) is 5.84 Å². The van der Waals surface area contributed by atoms with Gasteiger partial charge in [-0.2, -0.15) is 0 Å². The average Bonchev–Trinajstić information content (AvgIpc) is 2.57. The minimum atomic E-state index is 0.576. The molecular formula is C10H10Cl2N2. The van der Waals surface area contributed by atoms with Crippen LogP contribution in [0.5, 0.6) is 0 Å². The standard InChI is InChI=1S/C10H10Cl2N2/c1-14-5-4-13-10(14)7-2-3-8(11)9(12)6-7/h2-3,6H,4-5H2,1H3. The van der Waals surface area contributed by atoms with Crippen LogP contribution in [0.25, 0.3) is 0 Å². The summed E-state index contributed by atoms with van der Waals surface area (Å²) in [7, 11) is 2.02. The highest BCUT2D eigenvalue weighted by Crippen LogP contribution is 2.23. The van der Waals surface area contributed by atoms with E-state index in [1.165, 1.54) is 0 Å². The molecule has 0 aliphatic carbocycles. The van der Waals surface area contributed by atoms with Gasteiger partial charge in [-0.1, -0.05) is 23.2 Å². The fraction of sp³-hybridized carbons (Fsp3) is 0.300. The lowest BCUT2D eigenvalue weighted by atomic mass is 10.2. The van der Waals surface area contributed by atoms with E-state index >= 15 is 0 Å². The molecule has 0 saturated carbocycles. The van der Waals surface area contributed by atoms with E-state index < -0.39 is 0 Å². The second-order valence-corrected chi connectivity index (χ2v) is 4.07. The third-order valence-corrected chi connectivity index (χ3v) is 2.98. The fourth-order valence-corrected chi connectivity index (χ4v) is 1.78. The van der Waals surface area contributed by atoms with Gasteiger partial charge in [-0.15, -0.1) is 0 Å². The number of rotatable bonds is 1. The normalized spacial score (nSPS) is 15.9. The third-order valence-electron chi connectivity index (χ3n) is 2.24. The van der Waals surface area contributed by atoms with Gasteiger partial charge in [-0.25, -0.2) is 0 Å². The lowest BCUT2D eigenvalue weighted by molar-refractivity contribution is 0.557. The van der Waals surface area contributed by atoms with Crippen molar-refractivity contribution in [2.45, 2.75) is 0 Å². The molecule has 1 aromatic carbocycles. The van der Waals surface area contributed by atoms with Gasteiger partial charge < -0.3 is 4.90 Å². The van der Waals surface area contributed by atoms with Crippen LogP contribution < -0.4 is 0 Å². The van der Waals surface area contributed by atoms with Crippen molar-refractivity contribution < 1.29 is 0 Å². The summed E-state index contributed by atoms with van der Waals surface area (Å²) in [5, 5.41) is 1.16. The van der Waals surface area contributed by atoms with Crippen molar-refractivity contribution >= 4 is 29.0 Å². The molecule has 2 rings (SSSR count). The predicted octanol–water partition coefficient (Wildman–Crippen LogP) is 2.69. The molecule has 2 nitrogen and oxygen atoms in total. The molecule has 1 aliphatic heterocycles. The molecule has 74 valence electrons. The number of amidine groups is 1. The van der Waals surface area contributed by atoms with E-state index in [2.05, 4.69) is 9.89 Å². The Morgan fingerprint density at radius 2 is 2.07 bits per heavy atom. The highest BCUT2D eigenvalue weighted by molar-refractivity contribution is 6.42. The molecule has 1 aliphatic rings. The van der Waals surface area contributed by atoms with Gasteiger partial charge in [0.05, 0.1) is 16.6 Å². The molecule has 0 atom stereocenters. The van der Waals surface area contributed by atoms with Gasteiger partial charge in [-0.05, 0) is 18.2 Å². The molecule has 0 spiro atoms. The van der Waals surface area contributed by atoms with Gasteiger partial charge in [0.2, 0.25) is 0 Å². The summed E-state index contributed by atoms with van der Waals surface area (Å²) >= 11 is 11.8. The zero-order valence-corrected chi connectivity index (χ0v) is 9.31. The summed E-state index contributed by atoms with van der Waals surface area (Å²) in [5.74, 6) is 0.989. The number of aliphatic imine (C=N–C) groups is 1. The van der Waals surface area contributed by atoms with Crippen LogP contribution in [-0.2, 0) is 0 Å². The Labute approximate surface area is 93.1 Å². The lowest BCUT2D eigenvalue weighted by Gasteiger charge is -2.13. The summed E-state index contributed by atoms with van der Waals surface area (Å²) in [4.78, 5) is 6.51. The number of hydrogen-bond acceptors (Lipinski definition) is 2. The largest absolute Gasteiger partial charge is 0.358 e. The SMILES string of the molecule is CN1CCN=C1c1ccc(Cl)c(Cl)c1. The first kappa shape index (κ1) is 9.81. The quantitative estimate of drug-likeness (QED) is 0.722. The minimum Gasteiger partial charge on any atom is -0.358 e. The number of hydrogen-bond donors (Lipinski definition) is 0. The Kier molecular flexibility index (Phi) is 2.66. The molecule has 14 heavy (non-hydrogen) atoms. The van der Waals surface area contributed by atoms with Crippen LogP contribution in [0.4, 0.5) is 0 Å². The van der Waals surface area contributed by atoms with Crippen molar-refractivity contribution in [3.05, 3.63) is 33.8 Å². The Balaban J connectivity index is 2.37. The Hall–Kier alpha value is -0.730. The van der Waals surface area contributed by atoms with Crippen molar-refractivity contribution in [3.8, 4) is 0 Å². The molecule has 4 heteroatoms. The van der Waals surface area contributed by atoms with Crippen molar-refractivity contribution in [2.75, 3.05) is 20.1 Å². The van der Waals surface area contributed by atoms with Gasteiger partial charge >= 0.3 is 0 Å². The van der Waals surface area contributed by atoms with Crippen LogP contribution in [0.15, 0.2) is 23.2 Å². The van der Waals surface area contributed by atoms with Crippen molar-refractivity contribution in [3.63, 3.8) is 0 Å². The molecule has 0 saturated heterocycles. The molecule has 0 bridgehead atoms. The van der Waals surface area contributed by atoms with Crippen LogP contribution in [0.2, 0.25) is 10.0 Å². The van der Waals surface area contributed by atoms with E-state index in [9.17, 15) is 0 Å². The van der Waals surface area contributed by atoms with Gasteiger partial charge in [0, 0.05) is 19.2 Å². The van der Waals surface area contributed by atoms with Crippen LogP contribution >= 0.6 is 23.2 Å². The van der Waals surface area contributed by atoms with Crippen molar-refractivity contribution in [2.24, 2.45) is 4.99 Å². The smallest absolute Gasteiger partial charge is 0.130 e. The van der Waals surface area contributed by atoms with E-state index in [4.69, 9.17) is 23.2 Å². The zero-order chi connectivity index (χ0) is 10.1. The second-order valence-electron chi connectivity index (χ2n) is 3.26. The topological polar surface area (TPSA) is 15.6 Å². The maximum atomic E-state index is 5.93. The summed E-state index contributed by atoms with van der Waals surface area (Å²) in [6.45, 7) is 1.82. The molecule has 0 unspecified atom stereocenters. The number of nitrogens with zero attached hydrogens (tertiary/aromatic N) is 2. The molecule has 0 amide bonds. The van der Waals surface area contributed by atoms with Gasteiger partial charge in [0.25, 0.3) is 0 Å². The Morgan fingerprint density at radius 1 is 1.29 bits per heavy atom. The maximum Gasteiger partial charge on any atom is 0.130 e. The molecule has 0 fully saturated rings. The first-order valence-corrected chi connectivity index (χ1v) is 5.15. The monoisotopic (exact) mass is 228 g/mol. The fourth-order valence-electron chi connectivity index (χ4n) is 1.48. The summed E-state index contributed by atoms with van der Waals surface area (Å²) in [6.07, 6.45) is 0. The van der Waals surface area contributed by atoms with E-state index in [0.717, 1.165) is 24.5 Å². The van der Waals surface area contributed by atoms with E-state index in [0.29, 0.717) is 10.0 Å². The molecule has 1 heterocycles. The summed E-state index contributed by atoms with van der Waals surface area (Å²) < 4.78 is 0. The maximum absolute atomic E-state index is 5.93. The van der Waals surface area contributed by atoms with Gasteiger partial charge in [-0.3, -0.25) is 4.99 Å². The van der Waals surface area contributed by atoms with Crippen LogP contribution in [0, 0.1) is 0 Å². The minimum absolute atomic E-state index is 0.576. The highest BCUT2D eigenvalue weighted by Gasteiger charge is 2.14. The number of benzene rings is 1.